The Kier molecular flexibility index (Phi) is 5.21. The summed E-state index contributed by atoms with van der Waals surface area (Å²) >= 11 is 0. The molecule has 1 rings (SSSR count). The van der Waals surface area contributed by atoms with Crippen molar-refractivity contribution < 1.29 is 24.0 Å². The summed E-state index contributed by atoms with van der Waals surface area (Å²) < 4.78 is 9.45. The summed E-state index contributed by atoms with van der Waals surface area (Å²) in [5.74, 6) is 0.401. The molecule has 5 heteroatoms. The Hall–Kier alpha value is -1.59. The van der Waals surface area contributed by atoms with Crippen molar-refractivity contribution in [2.24, 2.45) is 0 Å². The molecule has 1 aromatic rings. The number of hydrogen-bond donors (Lipinski definition) is 0. The third kappa shape index (κ3) is 4.99. The van der Waals surface area contributed by atoms with E-state index in [1.807, 2.05) is 6.07 Å². The Bertz CT molecular complexity index is 285. The first-order valence-electron chi connectivity index (χ1n) is 4.38. The number of rotatable bonds is 5. The largest absolute Gasteiger partial charge is 0.546 e. The average Bonchev–Trinajstić information content (AvgIpc) is 2.26. The van der Waals surface area contributed by atoms with Gasteiger partial charge in [-0.25, -0.2) is 4.79 Å². The number of methoxy groups -OCH3 is 1. The summed E-state index contributed by atoms with van der Waals surface area (Å²) in [7, 11) is 1.52. The zero-order valence-corrected chi connectivity index (χ0v) is 8.34. The molecule has 0 radical (unpaired) electrons. The number of benzene rings is 1. The van der Waals surface area contributed by atoms with Gasteiger partial charge in [0.15, 0.2) is 0 Å². The molecule has 0 aliphatic carbocycles. The predicted molar refractivity (Wildman–Crippen MR) is 51.4 cm³/mol. The maximum absolute atomic E-state index is 11.0. The van der Waals surface area contributed by atoms with Gasteiger partial charge in [-0.15, -0.1) is 0 Å². The second-order valence-corrected chi connectivity index (χ2v) is 2.56. The van der Waals surface area contributed by atoms with Gasteiger partial charge in [0.05, 0.1) is 6.61 Å². The lowest BCUT2D eigenvalue weighted by Gasteiger charge is -2.03. The van der Waals surface area contributed by atoms with Gasteiger partial charge in [0, 0.05) is 7.11 Å². The molecule has 15 heavy (non-hydrogen) atoms. The van der Waals surface area contributed by atoms with Crippen molar-refractivity contribution in [2.75, 3.05) is 20.3 Å². The molecule has 0 fully saturated rings. The predicted octanol–water partition coefficient (Wildman–Crippen LogP) is 1.78. The molecular formula is C10H12O5. The smallest absolute Gasteiger partial charge is 0.393 e. The van der Waals surface area contributed by atoms with Gasteiger partial charge >= 0.3 is 6.16 Å². The molecule has 0 atom stereocenters. The third-order valence-corrected chi connectivity index (χ3v) is 1.44. The molecule has 82 valence electrons. The maximum Gasteiger partial charge on any atom is 0.546 e. The van der Waals surface area contributed by atoms with Crippen molar-refractivity contribution in [1.29, 1.82) is 0 Å². The second kappa shape index (κ2) is 6.80. The lowest BCUT2D eigenvalue weighted by Crippen LogP contribution is -2.13. The van der Waals surface area contributed by atoms with E-state index in [1.165, 1.54) is 7.11 Å². The Morgan fingerprint density at radius 2 is 1.93 bits per heavy atom. The summed E-state index contributed by atoms with van der Waals surface area (Å²) in [6.07, 6.45) is -0.905. The van der Waals surface area contributed by atoms with E-state index in [0.29, 0.717) is 12.4 Å². The van der Waals surface area contributed by atoms with E-state index in [-0.39, 0.29) is 6.61 Å². The minimum absolute atomic E-state index is 0.167. The standard InChI is InChI=1S/C10H12O5/c1-12-7-8-13-15-10(11)14-9-5-3-2-4-6-9/h2-6H,7-8H2,1H3. The van der Waals surface area contributed by atoms with E-state index < -0.39 is 6.16 Å². The SMILES string of the molecule is COCCOOC(=O)Oc1ccccc1. The fourth-order valence-corrected chi connectivity index (χ4v) is 0.809. The summed E-state index contributed by atoms with van der Waals surface area (Å²) in [6, 6.07) is 8.57. The van der Waals surface area contributed by atoms with Crippen LogP contribution in [0.25, 0.3) is 0 Å². The van der Waals surface area contributed by atoms with E-state index in [4.69, 9.17) is 4.74 Å². The highest BCUT2D eigenvalue weighted by molar-refractivity contribution is 5.62. The summed E-state index contributed by atoms with van der Waals surface area (Å²) in [4.78, 5) is 19.8. The molecule has 0 saturated carbocycles. The van der Waals surface area contributed by atoms with Crippen molar-refractivity contribution in [3.63, 3.8) is 0 Å². The lowest BCUT2D eigenvalue weighted by atomic mass is 10.3. The van der Waals surface area contributed by atoms with Crippen LogP contribution in [-0.2, 0) is 14.5 Å². The lowest BCUT2D eigenvalue weighted by molar-refractivity contribution is -0.253. The highest BCUT2D eigenvalue weighted by Crippen LogP contribution is 2.08. The van der Waals surface area contributed by atoms with E-state index in [1.54, 1.807) is 24.3 Å². The fourth-order valence-electron chi connectivity index (χ4n) is 0.809. The van der Waals surface area contributed by atoms with Crippen molar-refractivity contribution in [2.45, 2.75) is 0 Å². The van der Waals surface area contributed by atoms with Crippen LogP contribution in [0.4, 0.5) is 4.79 Å². The Labute approximate surface area is 87.4 Å². The van der Waals surface area contributed by atoms with E-state index in [2.05, 4.69) is 14.5 Å². The fraction of sp³-hybridized carbons (Fsp3) is 0.300. The Balaban J connectivity index is 2.19. The van der Waals surface area contributed by atoms with Crippen LogP contribution in [-0.4, -0.2) is 26.5 Å². The van der Waals surface area contributed by atoms with Gasteiger partial charge < -0.3 is 9.47 Å². The quantitative estimate of drug-likeness (QED) is 0.245. The van der Waals surface area contributed by atoms with Gasteiger partial charge in [-0.3, -0.25) is 4.89 Å². The monoisotopic (exact) mass is 212 g/mol. The van der Waals surface area contributed by atoms with Crippen LogP contribution in [0.3, 0.4) is 0 Å². The van der Waals surface area contributed by atoms with Crippen LogP contribution < -0.4 is 4.74 Å². The van der Waals surface area contributed by atoms with Crippen molar-refractivity contribution >= 4 is 6.16 Å². The number of hydrogen-bond acceptors (Lipinski definition) is 5. The van der Waals surface area contributed by atoms with Crippen LogP contribution in [0.15, 0.2) is 30.3 Å². The molecule has 0 amide bonds. The normalized spacial score (nSPS) is 9.67. The van der Waals surface area contributed by atoms with Gasteiger partial charge in [0.1, 0.15) is 12.4 Å². The topological polar surface area (TPSA) is 54.0 Å². The number of ether oxygens (including phenoxy) is 2. The first-order chi connectivity index (χ1) is 7.33. The zero-order valence-electron chi connectivity index (χ0n) is 8.34. The summed E-state index contributed by atoms with van der Waals surface area (Å²) in [5, 5.41) is 0. The first kappa shape index (κ1) is 11.5. The summed E-state index contributed by atoms with van der Waals surface area (Å²) in [6.45, 7) is 0.513. The van der Waals surface area contributed by atoms with Crippen LogP contribution in [0.5, 0.6) is 5.75 Å². The number of carbonyl (C=O) groups excluding carboxylic acids is 1. The van der Waals surface area contributed by atoms with Crippen LogP contribution in [0.1, 0.15) is 0 Å². The second-order valence-electron chi connectivity index (χ2n) is 2.56. The van der Waals surface area contributed by atoms with Gasteiger partial charge in [0.25, 0.3) is 0 Å². The molecule has 0 aliphatic heterocycles. The van der Waals surface area contributed by atoms with Crippen molar-refractivity contribution in [3.05, 3.63) is 30.3 Å². The zero-order chi connectivity index (χ0) is 10.9. The van der Waals surface area contributed by atoms with Crippen molar-refractivity contribution in [1.82, 2.24) is 0 Å². The molecule has 0 bridgehead atoms. The van der Waals surface area contributed by atoms with E-state index >= 15 is 0 Å². The van der Waals surface area contributed by atoms with Crippen molar-refractivity contribution in [3.8, 4) is 5.75 Å². The minimum atomic E-state index is -0.905. The van der Waals surface area contributed by atoms with Gasteiger partial charge in [0.2, 0.25) is 0 Å². The van der Waals surface area contributed by atoms with Gasteiger partial charge in [-0.05, 0) is 12.1 Å². The number of para-hydroxylation sites is 1. The third-order valence-electron chi connectivity index (χ3n) is 1.44. The average molecular weight is 212 g/mol. The molecule has 5 nitrogen and oxygen atoms in total. The maximum atomic E-state index is 11.0. The molecular weight excluding hydrogens is 200 g/mol. The number of carbonyl (C=O) groups is 1. The van der Waals surface area contributed by atoms with Crippen LogP contribution in [0.2, 0.25) is 0 Å². The Morgan fingerprint density at radius 1 is 1.20 bits per heavy atom. The van der Waals surface area contributed by atoms with Gasteiger partial charge in [-0.2, -0.15) is 4.89 Å². The molecule has 0 spiro atoms. The minimum Gasteiger partial charge on any atom is -0.393 e. The molecule has 0 heterocycles. The van der Waals surface area contributed by atoms with E-state index in [9.17, 15) is 4.79 Å². The summed E-state index contributed by atoms with van der Waals surface area (Å²) in [5.41, 5.74) is 0. The van der Waals surface area contributed by atoms with Crippen LogP contribution in [0, 0.1) is 0 Å². The molecule has 0 N–H and O–H groups in total. The molecule has 0 unspecified atom stereocenters. The molecule has 0 aliphatic rings. The highest BCUT2D eigenvalue weighted by Gasteiger charge is 2.06. The molecule has 1 aromatic carbocycles. The van der Waals surface area contributed by atoms with Gasteiger partial charge in [-0.1, -0.05) is 18.2 Å². The first-order valence-corrected chi connectivity index (χ1v) is 4.38. The Morgan fingerprint density at radius 3 is 2.60 bits per heavy atom. The van der Waals surface area contributed by atoms with Crippen LogP contribution >= 0.6 is 0 Å². The molecule has 0 saturated heterocycles. The molecule has 0 aromatic heterocycles. The van der Waals surface area contributed by atoms with E-state index in [0.717, 1.165) is 0 Å². The highest BCUT2D eigenvalue weighted by atomic mass is 17.2.